The van der Waals surface area contributed by atoms with E-state index in [9.17, 15) is 9.59 Å². The first-order valence-corrected chi connectivity index (χ1v) is 8.35. The Morgan fingerprint density at radius 3 is 2.56 bits per heavy atom. The number of aromatic amines is 1. The van der Waals surface area contributed by atoms with E-state index < -0.39 is 11.9 Å². The predicted molar refractivity (Wildman–Crippen MR) is 101 cm³/mol. The second-order valence-corrected chi connectivity index (χ2v) is 6.72. The molecule has 0 radical (unpaired) electrons. The number of hydrogen-bond acceptors (Lipinski definition) is 3. The van der Waals surface area contributed by atoms with Gasteiger partial charge < -0.3 is 16.5 Å². The van der Waals surface area contributed by atoms with Crippen molar-refractivity contribution in [3.05, 3.63) is 54.1 Å². The van der Waals surface area contributed by atoms with E-state index in [1.165, 1.54) is 10.1 Å². The number of primary amides is 2. The van der Waals surface area contributed by atoms with E-state index in [4.69, 9.17) is 11.5 Å². The summed E-state index contributed by atoms with van der Waals surface area (Å²) in [5.41, 5.74) is 12.5. The third-order valence-corrected chi connectivity index (χ3v) is 5.17. The number of nitrogens with two attached hydrogens (primary N) is 2. The molecule has 0 aliphatic heterocycles. The molecule has 4 rings (SSSR count). The Morgan fingerprint density at radius 2 is 1.84 bits per heavy atom. The predicted octanol–water partition coefficient (Wildman–Crippen LogP) is 3.64. The number of rotatable bonds is 3. The fourth-order valence-electron chi connectivity index (χ4n) is 2.95. The molecule has 4 aromatic rings. The molecule has 25 heavy (non-hydrogen) atoms. The highest BCUT2D eigenvalue weighted by atomic mass is 32.1. The van der Waals surface area contributed by atoms with E-state index in [-0.39, 0.29) is 11.4 Å². The maximum atomic E-state index is 11.8. The number of carbonyl (C=O) groups excluding carboxylic acids is 2. The van der Waals surface area contributed by atoms with Crippen LogP contribution in [-0.4, -0.2) is 16.9 Å². The number of H-pyrrole nitrogens is 1. The van der Waals surface area contributed by atoms with Gasteiger partial charge in [0.25, 0.3) is 5.91 Å². The van der Waals surface area contributed by atoms with Gasteiger partial charge in [0, 0.05) is 20.5 Å². The Morgan fingerprint density at radius 1 is 1.04 bits per heavy atom. The van der Waals surface area contributed by atoms with Gasteiger partial charge in [-0.15, -0.1) is 11.3 Å². The van der Waals surface area contributed by atoms with Gasteiger partial charge in [-0.25, -0.2) is 4.79 Å². The molecule has 7 heteroatoms. The maximum absolute atomic E-state index is 11.8. The van der Waals surface area contributed by atoms with Crippen LogP contribution in [0.5, 0.6) is 0 Å². The maximum Gasteiger partial charge on any atom is 0.317 e. The number of thiophene rings is 1. The van der Waals surface area contributed by atoms with Crippen LogP contribution in [0.25, 0.3) is 31.4 Å². The molecule has 2 aromatic heterocycles. The number of amides is 3. The molecule has 0 aliphatic rings. The molecule has 6 nitrogen and oxygen atoms in total. The highest BCUT2D eigenvalue weighted by molar-refractivity contribution is 7.22. The van der Waals surface area contributed by atoms with Gasteiger partial charge in [-0.2, -0.15) is 0 Å². The lowest BCUT2D eigenvalue weighted by atomic mass is 10.1. The minimum atomic E-state index is -0.765. The van der Waals surface area contributed by atoms with Crippen LogP contribution in [0, 0.1) is 0 Å². The van der Waals surface area contributed by atoms with Crippen LogP contribution in [0.3, 0.4) is 0 Å². The summed E-state index contributed by atoms with van der Waals surface area (Å²) in [6.07, 6.45) is 0. The Bertz CT molecular complexity index is 1110. The van der Waals surface area contributed by atoms with Crippen molar-refractivity contribution in [1.82, 2.24) is 4.98 Å². The molecular weight excluding hydrogens is 336 g/mol. The third kappa shape index (κ3) is 2.60. The minimum absolute atomic E-state index is 0.212. The third-order valence-electron chi connectivity index (χ3n) is 4.00. The van der Waals surface area contributed by atoms with E-state index in [1.807, 2.05) is 30.3 Å². The molecule has 0 saturated carbocycles. The molecule has 0 unspecified atom stereocenters. The van der Waals surface area contributed by atoms with Crippen LogP contribution in [0.4, 0.5) is 10.6 Å². The zero-order valence-corrected chi connectivity index (χ0v) is 13.8. The molecule has 124 valence electrons. The topological polar surface area (TPSA) is 114 Å². The van der Waals surface area contributed by atoms with Crippen LogP contribution in [0.2, 0.25) is 0 Å². The van der Waals surface area contributed by atoms with Crippen molar-refractivity contribution in [1.29, 1.82) is 0 Å². The quantitative estimate of drug-likeness (QED) is 0.452. The monoisotopic (exact) mass is 350 g/mol. The number of anilines is 1. The summed E-state index contributed by atoms with van der Waals surface area (Å²) in [4.78, 5) is 27.0. The van der Waals surface area contributed by atoms with Crippen molar-refractivity contribution in [2.24, 2.45) is 11.5 Å². The van der Waals surface area contributed by atoms with Crippen molar-refractivity contribution in [2.45, 2.75) is 0 Å². The molecule has 0 atom stereocenters. The first kappa shape index (κ1) is 15.2. The van der Waals surface area contributed by atoms with Gasteiger partial charge in [-0.3, -0.25) is 10.1 Å². The minimum Gasteiger partial charge on any atom is -0.365 e. The fraction of sp³-hybridized carbons (Fsp3) is 0. The summed E-state index contributed by atoms with van der Waals surface area (Å²) in [7, 11) is 0. The summed E-state index contributed by atoms with van der Waals surface area (Å²) in [6.45, 7) is 0. The first-order valence-electron chi connectivity index (χ1n) is 7.54. The lowest BCUT2D eigenvalue weighted by molar-refractivity contribution is 0.100. The number of aromatic nitrogens is 1. The van der Waals surface area contributed by atoms with Crippen LogP contribution >= 0.6 is 11.3 Å². The van der Waals surface area contributed by atoms with Crippen molar-refractivity contribution in [3.63, 3.8) is 0 Å². The summed E-state index contributed by atoms with van der Waals surface area (Å²) < 4.78 is 1.21. The van der Waals surface area contributed by atoms with Crippen LogP contribution in [0.1, 0.15) is 10.4 Å². The number of fused-ring (bicyclic) bond motifs is 2. The molecule has 0 fully saturated rings. The average Bonchev–Trinajstić information content (AvgIpc) is 3.13. The molecule has 6 N–H and O–H groups in total. The van der Waals surface area contributed by atoms with Crippen molar-refractivity contribution < 1.29 is 9.59 Å². The normalized spacial score (nSPS) is 11.0. The number of hydrogen-bond donors (Lipinski definition) is 4. The van der Waals surface area contributed by atoms with Gasteiger partial charge in [0.05, 0.1) is 5.56 Å². The molecule has 0 aliphatic carbocycles. The van der Waals surface area contributed by atoms with Gasteiger partial charge >= 0.3 is 6.03 Å². The van der Waals surface area contributed by atoms with Gasteiger partial charge in [0.1, 0.15) is 5.82 Å². The zero-order valence-electron chi connectivity index (χ0n) is 13.0. The zero-order chi connectivity index (χ0) is 17.6. The van der Waals surface area contributed by atoms with Gasteiger partial charge in [-0.1, -0.05) is 30.3 Å². The van der Waals surface area contributed by atoms with E-state index in [0.717, 1.165) is 10.4 Å². The Kier molecular flexibility index (Phi) is 3.43. The van der Waals surface area contributed by atoms with E-state index in [0.29, 0.717) is 10.9 Å². The average molecular weight is 350 g/mol. The van der Waals surface area contributed by atoms with Gasteiger partial charge in [0.15, 0.2) is 0 Å². The lowest BCUT2D eigenvalue weighted by Gasteiger charge is -2.00. The van der Waals surface area contributed by atoms with Crippen LogP contribution in [0.15, 0.2) is 48.5 Å². The molecule has 3 amide bonds. The largest absolute Gasteiger partial charge is 0.365 e. The van der Waals surface area contributed by atoms with Crippen molar-refractivity contribution >= 4 is 50.1 Å². The summed E-state index contributed by atoms with van der Waals surface area (Å²) in [6, 6.07) is 15.2. The molecule has 0 bridgehead atoms. The lowest BCUT2D eigenvalue weighted by Crippen LogP contribution is -2.22. The van der Waals surface area contributed by atoms with Crippen molar-refractivity contribution in [3.8, 4) is 10.4 Å². The van der Waals surface area contributed by atoms with Crippen LogP contribution < -0.4 is 16.8 Å². The Hall–Kier alpha value is -3.32. The first-order chi connectivity index (χ1) is 12.0. The molecule has 0 spiro atoms. The van der Waals surface area contributed by atoms with Gasteiger partial charge in [0.2, 0.25) is 0 Å². The van der Waals surface area contributed by atoms with E-state index in [1.54, 1.807) is 11.3 Å². The van der Waals surface area contributed by atoms with E-state index >= 15 is 0 Å². The molecule has 2 heterocycles. The SMILES string of the molecule is NC(=O)Nc1[nH]c2cc(-c3cc4ccccc4s3)ccc2c1C(N)=O. The second kappa shape index (κ2) is 5.64. The summed E-state index contributed by atoms with van der Waals surface area (Å²) in [5.74, 6) is -0.423. The fourth-order valence-corrected chi connectivity index (χ4v) is 4.01. The van der Waals surface area contributed by atoms with Gasteiger partial charge in [-0.05, 0) is 29.1 Å². The number of carbonyl (C=O) groups is 2. The summed E-state index contributed by atoms with van der Waals surface area (Å²) in [5, 5.41) is 4.23. The standard InChI is InChI=1S/C18H14N4O2S/c19-16(23)15-11-6-5-10(7-12(11)21-17(15)22-18(20)24)14-8-9-3-1-2-4-13(9)25-14/h1-8,21H,(H2,19,23)(H3,20,22,24). The summed E-state index contributed by atoms with van der Waals surface area (Å²) >= 11 is 1.69. The Balaban J connectivity index is 1.87. The van der Waals surface area contributed by atoms with Crippen molar-refractivity contribution in [2.75, 3.05) is 5.32 Å². The smallest absolute Gasteiger partial charge is 0.317 e. The number of benzene rings is 2. The number of urea groups is 1. The highest BCUT2D eigenvalue weighted by Crippen LogP contribution is 2.36. The molecule has 2 aromatic carbocycles. The van der Waals surface area contributed by atoms with Crippen LogP contribution in [-0.2, 0) is 0 Å². The Labute approximate surface area is 146 Å². The van der Waals surface area contributed by atoms with E-state index in [2.05, 4.69) is 28.5 Å². The second-order valence-electron chi connectivity index (χ2n) is 5.64. The molecule has 0 saturated heterocycles. The highest BCUT2D eigenvalue weighted by Gasteiger charge is 2.18. The number of nitrogens with one attached hydrogen (secondary N) is 2. The molecular formula is C18H14N4O2S.